The van der Waals surface area contributed by atoms with Crippen LogP contribution in [-0.4, -0.2) is 85.0 Å². The Hall–Kier alpha value is -4.70. The third kappa shape index (κ3) is 9.45. The fraction of sp³-hybridized carbons (Fsp3) is 0.513. The zero-order chi connectivity index (χ0) is 40.4. The smallest absolute Gasteiger partial charge is 0.410 e. The van der Waals surface area contributed by atoms with Crippen LogP contribution in [0.5, 0.6) is 0 Å². The summed E-state index contributed by atoms with van der Waals surface area (Å²) in [5.41, 5.74) is -1.00. The minimum atomic E-state index is -4.37. The Kier molecular flexibility index (Phi) is 12.0. The van der Waals surface area contributed by atoms with Gasteiger partial charge in [-0.3, -0.25) is 19.3 Å². The van der Waals surface area contributed by atoms with Gasteiger partial charge >= 0.3 is 12.2 Å². The molecular weight excluding hydrogens is 769 g/mol. The zero-order valence-corrected chi connectivity index (χ0v) is 33.1. The van der Waals surface area contributed by atoms with Gasteiger partial charge in [-0.15, -0.1) is 0 Å². The number of halogens is 2. The van der Waals surface area contributed by atoms with E-state index in [-0.39, 0.29) is 55.8 Å². The topological polar surface area (TPSA) is 181 Å². The van der Waals surface area contributed by atoms with Crippen LogP contribution in [0.15, 0.2) is 59.5 Å². The van der Waals surface area contributed by atoms with Crippen molar-refractivity contribution in [1.82, 2.24) is 25.2 Å². The normalized spacial score (nSPS) is 25.4. The molecular formula is C39H47ClFN5O9S. The van der Waals surface area contributed by atoms with E-state index in [0.29, 0.717) is 35.4 Å². The predicted molar refractivity (Wildman–Crippen MR) is 202 cm³/mol. The van der Waals surface area contributed by atoms with E-state index in [1.807, 2.05) is 26.8 Å². The van der Waals surface area contributed by atoms with E-state index in [1.54, 1.807) is 18.2 Å². The number of nitrogens with zero attached hydrogens (tertiary/aromatic N) is 2. The van der Waals surface area contributed by atoms with E-state index in [1.165, 1.54) is 40.1 Å². The second-order valence-electron chi connectivity index (χ2n) is 16.0. The molecule has 3 heterocycles. The largest absolute Gasteiger partial charge is 0.449 e. The summed E-state index contributed by atoms with van der Waals surface area (Å²) in [5.74, 6) is -3.35. The van der Waals surface area contributed by atoms with E-state index in [4.69, 9.17) is 21.1 Å². The SMILES string of the molecule is CC(C)(C)COC(=O)N[C@H]1CCCCCC=C[C@@H]2C[C@@]2(C(=O)NS(=O)(=O)c2ccc(Cl)cc2)NC(=O)[C@@H]2C[C@@H](OC(=O)N3Cc4cccc(F)c4C3)CN2C1=O. The molecule has 14 nitrogen and oxygen atoms in total. The third-order valence-electron chi connectivity index (χ3n) is 10.4. The van der Waals surface area contributed by atoms with Crippen LogP contribution in [0.2, 0.25) is 5.02 Å². The molecule has 3 N–H and O–H groups in total. The van der Waals surface area contributed by atoms with Gasteiger partial charge in [0.1, 0.15) is 29.5 Å². The third-order valence-corrected chi connectivity index (χ3v) is 12.0. The van der Waals surface area contributed by atoms with Crippen molar-refractivity contribution in [2.75, 3.05) is 13.2 Å². The number of rotatable bonds is 6. The second kappa shape index (κ2) is 16.4. The van der Waals surface area contributed by atoms with Crippen molar-refractivity contribution < 1.29 is 46.3 Å². The van der Waals surface area contributed by atoms with E-state index >= 15 is 0 Å². The summed E-state index contributed by atoms with van der Waals surface area (Å²) in [6, 6.07) is 7.44. The summed E-state index contributed by atoms with van der Waals surface area (Å²) in [5, 5.41) is 5.74. The number of carbonyl (C=O) groups excluding carboxylic acids is 5. The van der Waals surface area contributed by atoms with Crippen molar-refractivity contribution in [1.29, 1.82) is 0 Å². The average molecular weight is 816 g/mol. The van der Waals surface area contributed by atoms with Crippen LogP contribution in [0, 0.1) is 17.2 Å². The molecule has 0 aromatic heterocycles. The van der Waals surface area contributed by atoms with E-state index in [0.717, 1.165) is 6.42 Å². The maximum Gasteiger partial charge on any atom is 0.410 e. The van der Waals surface area contributed by atoms with Crippen LogP contribution < -0.4 is 15.4 Å². The Balaban J connectivity index is 1.26. The fourth-order valence-electron chi connectivity index (χ4n) is 7.24. The summed E-state index contributed by atoms with van der Waals surface area (Å²) < 4.78 is 54.3. The quantitative estimate of drug-likeness (QED) is 0.341. The molecule has 1 saturated carbocycles. The minimum Gasteiger partial charge on any atom is -0.449 e. The van der Waals surface area contributed by atoms with Gasteiger partial charge in [-0.2, -0.15) is 0 Å². The number of benzene rings is 2. The van der Waals surface area contributed by atoms with Gasteiger partial charge in [0.15, 0.2) is 0 Å². The van der Waals surface area contributed by atoms with Crippen molar-refractivity contribution in [3.8, 4) is 0 Å². The van der Waals surface area contributed by atoms with Gasteiger partial charge in [0, 0.05) is 29.5 Å². The molecule has 56 heavy (non-hydrogen) atoms. The molecule has 17 heteroatoms. The van der Waals surface area contributed by atoms with E-state index < -0.39 is 75.4 Å². The highest BCUT2D eigenvalue weighted by Crippen LogP contribution is 2.46. The number of carbonyl (C=O) groups is 5. The van der Waals surface area contributed by atoms with Gasteiger partial charge < -0.3 is 25.0 Å². The Morgan fingerprint density at radius 1 is 1.05 bits per heavy atom. The molecule has 5 atom stereocenters. The summed E-state index contributed by atoms with van der Waals surface area (Å²) in [6.07, 6.45) is 3.86. The van der Waals surface area contributed by atoms with Crippen LogP contribution in [0.3, 0.4) is 0 Å². The molecule has 2 aromatic rings. The van der Waals surface area contributed by atoms with Crippen LogP contribution in [-0.2, 0) is 47.0 Å². The number of fused-ring (bicyclic) bond motifs is 3. The number of sulfonamides is 1. The number of hydrogen-bond acceptors (Lipinski definition) is 9. The summed E-state index contributed by atoms with van der Waals surface area (Å²) in [4.78, 5) is 71.3. The molecule has 3 aliphatic heterocycles. The second-order valence-corrected chi connectivity index (χ2v) is 18.2. The van der Waals surface area contributed by atoms with Crippen molar-refractivity contribution in [3.05, 3.63) is 76.6 Å². The van der Waals surface area contributed by atoms with Crippen molar-refractivity contribution >= 4 is 51.5 Å². The van der Waals surface area contributed by atoms with Crippen LogP contribution in [0.25, 0.3) is 0 Å². The maximum atomic E-state index is 14.5. The lowest BCUT2D eigenvalue weighted by Crippen LogP contribution is -2.58. The van der Waals surface area contributed by atoms with Gasteiger partial charge in [0.05, 0.1) is 24.6 Å². The van der Waals surface area contributed by atoms with Gasteiger partial charge in [-0.25, -0.2) is 27.1 Å². The number of ether oxygens (including phenoxy) is 2. The first-order valence-corrected chi connectivity index (χ1v) is 20.6. The molecule has 0 spiro atoms. The van der Waals surface area contributed by atoms with Crippen LogP contribution in [0.4, 0.5) is 14.0 Å². The minimum absolute atomic E-state index is 0.0196. The molecule has 0 bridgehead atoms. The number of amides is 5. The molecule has 302 valence electrons. The molecule has 5 amide bonds. The average Bonchev–Trinajstić information content (AvgIpc) is 3.42. The lowest BCUT2D eigenvalue weighted by molar-refractivity contribution is -0.141. The highest BCUT2D eigenvalue weighted by atomic mass is 35.5. The standard InChI is InChI=1S/C39H47ClFN5O9S/c1-38(2,3)23-54-36(50)42-31-13-8-6-4-5-7-11-25-19-39(25,35(49)44-56(52,53)28-16-14-26(40)15-17-28)43-33(47)32-18-27(21-46(32)34(31)48)55-37(51)45-20-24-10-9-12-30(41)29(24)22-45/h7,9-12,14-17,25,27,31-32H,4-6,8,13,18-23H2,1-3H3,(H,42,50)(H,43,47)(H,44,49)/t25-,27-,31+,32+,39-/m1/s1. The molecule has 1 saturated heterocycles. The lowest BCUT2D eigenvalue weighted by atomic mass is 9.99. The van der Waals surface area contributed by atoms with Crippen molar-refractivity contribution in [2.45, 2.75) is 107 Å². The molecule has 0 unspecified atom stereocenters. The summed E-state index contributed by atoms with van der Waals surface area (Å²) in [6.45, 7) is 5.62. The monoisotopic (exact) mass is 815 g/mol. The van der Waals surface area contributed by atoms with Crippen LogP contribution >= 0.6 is 11.6 Å². The van der Waals surface area contributed by atoms with Gasteiger partial charge in [0.2, 0.25) is 11.8 Å². The lowest BCUT2D eigenvalue weighted by Gasteiger charge is -2.30. The van der Waals surface area contributed by atoms with E-state index in [2.05, 4.69) is 15.4 Å². The van der Waals surface area contributed by atoms with Crippen LogP contribution in [0.1, 0.15) is 76.8 Å². The first kappa shape index (κ1) is 40.9. The molecule has 2 aromatic carbocycles. The Bertz CT molecular complexity index is 2010. The van der Waals surface area contributed by atoms with Crippen molar-refractivity contribution in [3.63, 3.8) is 0 Å². The fourth-order valence-corrected chi connectivity index (χ4v) is 8.41. The molecule has 4 aliphatic rings. The first-order valence-electron chi connectivity index (χ1n) is 18.7. The number of nitrogens with one attached hydrogen (secondary N) is 3. The zero-order valence-electron chi connectivity index (χ0n) is 31.5. The predicted octanol–water partition coefficient (Wildman–Crippen LogP) is 4.94. The summed E-state index contributed by atoms with van der Waals surface area (Å²) in [7, 11) is -4.37. The Labute approximate surface area is 330 Å². The molecule has 2 fully saturated rings. The van der Waals surface area contributed by atoms with E-state index in [9.17, 15) is 36.8 Å². The number of alkyl carbamates (subject to hydrolysis) is 1. The van der Waals surface area contributed by atoms with Crippen molar-refractivity contribution in [2.24, 2.45) is 11.3 Å². The van der Waals surface area contributed by atoms with Gasteiger partial charge in [-0.05, 0) is 67.0 Å². The molecule has 6 rings (SSSR count). The van der Waals surface area contributed by atoms with Gasteiger partial charge in [-0.1, -0.05) is 69.5 Å². The maximum absolute atomic E-state index is 14.5. The molecule has 1 aliphatic carbocycles. The first-order chi connectivity index (χ1) is 26.5. The highest BCUT2D eigenvalue weighted by Gasteiger charge is 2.61. The Morgan fingerprint density at radius 2 is 1.80 bits per heavy atom. The number of hydrogen-bond donors (Lipinski definition) is 3. The molecule has 0 radical (unpaired) electrons. The summed E-state index contributed by atoms with van der Waals surface area (Å²) >= 11 is 5.93. The highest BCUT2D eigenvalue weighted by molar-refractivity contribution is 7.90. The Morgan fingerprint density at radius 3 is 2.52 bits per heavy atom. The van der Waals surface area contributed by atoms with Gasteiger partial charge in [0.25, 0.3) is 15.9 Å². The number of allylic oxidation sites excluding steroid dienone is 1.